The summed E-state index contributed by atoms with van der Waals surface area (Å²) in [5.74, 6) is 0.125. The number of nitrogens with zero attached hydrogens (tertiary/aromatic N) is 1. The molecular weight excluding hydrogens is 292 g/mol. The highest BCUT2D eigenvalue weighted by Gasteiger charge is 2.50. The lowest BCUT2D eigenvalue weighted by Crippen LogP contribution is -2.55. The Kier molecular flexibility index (Phi) is 3.39. The quantitative estimate of drug-likeness (QED) is 0.715. The number of anilines is 1. The van der Waals surface area contributed by atoms with E-state index in [1.54, 1.807) is 0 Å². The van der Waals surface area contributed by atoms with Crippen molar-refractivity contribution in [3.05, 3.63) is 29.8 Å². The van der Waals surface area contributed by atoms with Crippen LogP contribution >= 0.6 is 0 Å². The zero-order valence-electron chi connectivity index (χ0n) is 13.3. The van der Waals surface area contributed by atoms with Crippen LogP contribution in [-0.4, -0.2) is 41.9 Å². The average molecular weight is 314 g/mol. The van der Waals surface area contributed by atoms with Crippen LogP contribution in [0.2, 0.25) is 0 Å². The summed E-state index contributed by atoms with van der Waals surface area (Å²) in [5, 5.41) is 2.99. The zero-order valence-corrected chi connectivity index (χ0v) is 13.3. The van der Waals surface area contributed by atoms with Gasteiger partial charge in [-0.25, -0.2) is 5.43 Å². The Balaban J connectivity index is 1.60. The fourth-order valence-electron chi connectivity index (χ4n) is 4.12. The standard InChI is InChI=1S/C17H22N4O2/c1-11-9-14(20-19-11)15(22)21-8-4-7-17(10-21)12-5-2-3-6-13(12)18-16(17)23/h2-3,5-6,11,14,19-20H,4,7-10H2,1H3,(H,18,23). The van der Waals surface area contributed by atoms with Crippen molar-refractivity contribution in [1.82, 2.24) is 15.8 Å². The number of para-hydroxylation sites is 1. The molecule has 3 atom stereocenters. The molecule has 0 aliphatic carbocycles. The van der Waals surface area contributed by atoms with E-state index in [1.807, 2.05) is 29.2 Å². The molecule has 1 aromatic carbocycles. The summed E-state index contributed by atoms with van der Waals surface area (Å²) in [4.78, 5) is 27.3. The molecule has 0 bridgehead atoms. The smallest absolute Gasteiger partial charge is 0.241 e. The summed E-state index contributed by atoms with van der Waals surface area (Å²) in [6.07, 6.45) is 2.43. The van der Waals surface area contributed by atoms with Crippen molar-refractivity contribution in [3.63, 3.8) is 0 Å². The molecule has 122 valence electrons. The van der Waals surface area contributed by atoms with E-state index < -0.39 is 5.41 Å². The third-order valence-corrected chi connectivity index (χ3v) is 5.32. The second-order valence-corrected chi connectivity index (χ2v) is 6.92. The number of hydrogen-bond donors (Lipinski definition) is 3. The molecular formula is C17H22N4O2. The van der Waals surface area contributed by atoms with Crippen LogP contribution in [0.25, 0.3) is 0 Å². The number of carbonyl (C=O) groups excluding carboxylic acids is 2. The molecule has 3 aliphatic rings. The molecule has 0 aromatic heterocycles. The minimum Gasteiger partial charge on any atom is -0.340 e. The monoisotopic (exact) mass is 314 g/mol. The number of piperidine rings is 1. The summed E-state index contributed by atoms with van der Waals surface area (Å²) < 4.78 is 0. The normalized spacial score (nSPS) is 32.9. The molecule has 0 radical (unpaired) electrons. The maximum Gasteiger partial charge on any atom is 0.241 e. The minimum absolute atomic E-state index is 0.0297. The van der Waals surface area contributed by atoms with E-state index in [-0.39, 0.29) is 17.9 Å². The number of rotatable bonds is 1. The van der Waals surface area contributed by atoms with Gasteiger partial charge >= 0.3 is 0 Å². The van der Waals surface area contributed by atoms with Crippen molar-refractivity contribution < 1.29 is 9.59 Å². The first-order valence-corrected chi connectivity index (χ1v) is 8.31. The van der Waals surface area contributed by atoms with Crippen molar-refractivity contribution in [1.29, 1.82) is 0 Å². The number of nitrogens with one attached hydrogen (secondary N) is 3. The molecule has 3 aliphatic heterocycles. The number of likely N-dealkylation sites (tertiary alicyclic amines) is 1. The first-order chi connectivity index (χ1) is 11.1. The molecule has 6 nitrogen and oxygen atoms in total. The number of amides is 2. The van der Waals surface area contributed by atoms with Crippen LogP contribution in [0.15, 0.2) is 24.3 Å². The van der Waals surface area contributed by atoms with Gasteiger partial charge in [0.25, 0.3) is 0 Å². The van der Waals surface area contributed by atoms with Gasteiger partial charge in [0.15, 0.2) is 0 Å². The maximum atomic E-state index is 12.8. The van der Waals surface area contributed by atoms with Crippen molar-refractivity contribution in [2.45, 2.75) is 43.7 Å². The van der Waals surface area contributed by atoms with E-state index in [9.17, 15) is 9.59 Å². The summed E-state index contributed by atoms with van der Waals surface area (Å²) in [6.45, 7) is 3.25. The number of benzene rings is 1. The molecule has 1 aromatic rings. The Hall–Kier alpha value is -1.92. The molecule has 0 saturated carbocycles. The van der Waals surface area contributed by atoms with E-state index >= 15 is 0 Å². The lowest BCUT2D eigenvalue weighted by Gasteiger charge is -2.40. The van der Waals surface area contributed by atoms with Crippen LogP contribution in [-0.2, 0) is 15.0 Å². The SMILES string of the molecule is CC1CC(C(=O)N2CCCC3(C2)C(=O)Nc2ccccc23)NN1. The predicted molar refractivity (Wildman–Crippen MR) is 86.7 cm³/mol. The summed E-state index contributed by atoms with van der Waals surface area (Å²) in [7, 11) is 0. The molecule has 3 unspecified atom stereocenters. The van der Waals surface area contributed by atoms with E-state index in [0.717, 1.165) is 37.1 Å². The molecule has 23 heavy (non-hydrogen) atoms. The summed E-state index contributed by atoms with van der Waals surface area (Å²) in [6, 6.07) is 7.94. The molecule has 2 saturated heterocycles. The van der Waals surface area contributed by atoms with Crippen LogP contribution in [0.3, 0.4) is 0 Å². The van der Waals surface area contributed by atoms with Crippen LogP contribution in [0.1, 0.15) is 31.7 Å². The lowest BCUT2D eigenvalue weighted by atomic mass is 9.75. The van der Waals surface area contributed by atoms with Crippen LogP contribution < -0.4 is 16.2 Å². The number of hydrogen-bond acceptors (Lipinski definition) is 4. The van der Waals surface area contributed by atoms with Gasteiger partial charge in [-0.3, -0.25) is 15.0 Å². The van der Waals surface area contributed by atoms with E-state index in [2.05, 4.69) is 23.1 Å². The van der Waals surface area contributed by atoms with Gasteiger partial charge in [0.2, 0.25) is 11.8 Å². The average Bonchev–Trinajstić information content (AvgIpc) is 3.10. The fourth-order valence-corrected chi connectivity index (χ4v) is 4.12. The molecule has 3 heterocycles. The lowest BCUT2D eigenvalue weighted by molar-refractivity contribution is -0.137. The van der Waals surface area contributed by atoms with Crippen LogP contribution in [0.4, 0.5) is 5.69 Å². The van der Waals surface area contributed by atoms with Gasteiger partial charge in [0, 0.05) is 24.8 Å². The first kappa shape index (κ1) is 14.7. The van der Waals surface area contributed by atoms with E-state index in [1.165, 1.54) is 0 Å². The second-order valence-electron chi connectivity index (χ2n) is 6.92. The fraction of sp³-hybridized carbons (Fsp3) is 0.529. The highest BCUT2D eigenvalue weighted by atomic mass is 16.2. The number of carbonyl (C=O) groups is 2. The second kappa shape index (κ2) is 5.32. The number of fused-ring (bicyclic) bond motifs is 2. The molecule has 1 spiro atoms. The Morgan fingerprint density at radius 2 is 2.13 bits per heavy atom. The molecule has 2 fully saturated rings. The van der Waals surface area contributed by atoms with E-state index in [4.69, 9.17) is 0 Å². The Bertz CT molecular complexity index is 662. The molecule has 4 rings (SSSR count). The summed E-state index contributed by atoms with van der Waals surface area (Å²) >= 11 is 0. The van der Waals surface area contributed by atoms with Crippen molar-refractivity contribution in [2.75, 3.05) is 18.4 Å². The molecule has 2 amide bonds. The first-order valence-electron chi connectivity index (χ1n) is 8.31. The predicted octanol–water partition coefficient (Wildman–Crippen LogP) is 0.754. The minimum atomic E-state index is -0.581. The molecule has 6 heteroatoms. The topological polar surface area (TPSA) is 73.5 Å². The van der Waals surface area contributed by atoms with Crippen LogP contribution in [0, 0.1) is 0 Å². The van der Waals surface area contributed by atoms with Crippen molar-refractivity contribution >= 4 is 17.5 Å². The van der Waals surface area contributed by atoms with E-state index in [0.29, 0.717) is 12.6 Å². The van der Waals surface area contributed by atoms with Gasteiger partial charge < -0.3 is 10.2 Å². The van der Waals surface area contributed by atoms with Gasteiger partial charge in [-0.15, -0.1) is 0 Å². The third-order valence-electron chi connectivity index (χ3n) is 5.32. The summed E-state index contributed by atoms with van der Waals surface area (Å²) in [5.41, 5.74) is 7.51. The highest BCUT2D eigenvalue weighted by Crippen LogP contribution is 2.43. The molecule has 3 N–H and O–H groups in total. The Labute approximate surface area is 135 Å². The van der Waals surface area contributed by atoms with Gasteiger partial charge in [0.1, 0.15) is 6.04 Å². The largest absolute Gasteiger partial charge is 0.340 e. The van der Waals surface area contributed by atoms with Crippen molar-refractivity contribution in [3.8, 4) is 0 Å². The third kappa shape index (κ3) is 2.24. The van der Waals surface area contributed by atoms with Crippen molar-refractivity contribution in [2.24, 2.45) is 0 Å². The maximum absolute atomic E-state index is 12.8. The number of hydrazine groups is 1. The highest BCUT2D eigenvalue weighted by molar-refractivity contribution is 6.06. The van der Waals surface area contributed by atoms with Crippen LogP contribution in [0.5, 0.6) is 0 Å². The van der Waals surface area contributed by atoms with Gasteiger partial charge in [0.05, 0.1) is 5.41 Å². The Morgan fingerprint density at radius 3 is 2.91 bits per heavy atom. The van der Waals surface area contributed by atoms with Gasteiger partial charge in [-0.05, 0) is 37.8 Å². The Morgan fingerprint density at radius 1 is 1.30 bits per heavy atom. The van der Waals surface area contributed by atoms with Gasteiger partial charge in [-0.2, -0.15) is 0 Å². The zero-order chi connectivity index (χ0) is 16.0. The van der Waals surface area contributed by atoms with Gasteiger partial charge in [-0.1, -0.05) is 18.2 Å².